The minimum atomic E-state index is -3.81. The standard InChI is InChI=1S/C14H10BrClN2O2S/c1-9-2-4-10(5-3-9)21(19,20)18-14-11(8-17)12(15)6-7-13(14)16/h2-7,18H,1H3. The predicted molar refractivity (Wildman–Crippen MR) is 85.9 cm³/mol. The Kier molecular flexibility index (Phi) is 4.57. The highest BCUT2D eigenvalue weighted by atomic mass is 79.9. The molecule has 1 N–H and O–H groups in total. The number of hydrogen-bond acceptors (Lipinski definition) is 3. The van der Waals surface area contributed by atoms with Crippen LogP contribution in [0.15, 0.2) is 45.8 Å². The topological polar surface area (TPSA) is 70.0 Å². The third kappa shape index (κ3) is 3.38. The molecule has 0 atom stereocenters. The molecule has 0 saturated heterocycles. The molecular weight excluding hydrogens is 376 g/mol. The molecule has 0 fully saturated rings. The van der Waals surface area contributed by atoms with E-state index in [0.717, 1.165) is 5.56 Å². The lowest BCUT2D eigenvalue weighted by Crippen LogP contribution is -2.14. The summed E-state index contributed by atoms with van der Waals surface area (Å²) in [5, 5.41) is 9.31. The van der Waals surface area contributed by atoms with Crippen LogP contribution < -0.4 is 4.72 Å². The monoisotopic (exact) mass is 384 g/mol. The first-order chi connectivity index (χ1) is 9.85. The molecule has 21 heavy (non-hydrogen) atoms. The van der Waals surface area contributed by atoms with E-state index in [1.54, 1.807) is 18.2 Å². The third-order valence-electron chi connectivity index (χ3n) is 2.78. The van der Waals surface area contributed by atoms with Crippen LogP contribution in [-0.4, -0.2) is 8.42 Å². The summed E-state index contributed by atoms with van der Waals surface area (Å²) in [6.45, 7) is 1.86. The number of sulfonamides is 1. The zero-order valence-corrected chi connectivity index (χ0v) is 14.1. The van der Waals surface area contributed by atoms with Gasteiger partial charge >= 0.3 is 0 Å². The van der Waals surface area contributed by atoms with E-state index in [0.29, 0.717) is 4.47 Å². The molecule has 0 aliphatic carbocycles. The van der Waals surface area contributed by atoms with Gasteiger partial charge in [0.2, 0.25) is 0 Å². The highest BCUT2D eigenvalue weighted by molar-refractivity contribution is 9.10. The summed E-state index contributed by atoms with van der Waals surface area (Å²) >= 11 is 9.20. The van der Waals surface area contributed by atoms with E-state index in [2.05, 4.69) is 20.7 Å². The lowest BCUT2D eigenvalue weighted by molar-refractivity contribution is 0.601. The minimum absolute atomic E-state index is 0.0640. The summed E-state index contributed by atoms with van der Waals surface area (Å²) in [5.41, 5.74) is 1.15. The lowest BCUT2D eigenvalue weighted by Gasteiger charge is -2.12. The fourth-order valence-corrected chi connectivity index (χ4v) is 3.44. The van der Waals surface area contributed by atoms with Gasteiger partial charge in [0.25, 0.3) is 10.0 Å². The molecule has 2 aromatic carbocycles. The summed E-state index contributed by atoms with van der Waals surface area (Å²) in [5.74, 6) is 0. The smallest absolute Gasteiger partial charge is 0.261 e. The van der Waals surface area contributed by atoms with Gasteiger partial charge in [0.05, 0.1) is 21.2 Å². The largest absolute Gasteiger partial charge is 0.277 e. The van der Waals surface area contributed by atoms with E-state index in [4.69, 9.17) is 16.9 Å². The van der Waals surface area contributed by atoms with Crippen molar-refractivity contribution in [2.75, 3.05) is 4.72 Å². The highest BCUT2D eigenvalue weighted by Crippen LogP contribution is 2.33. The minimum Gasteiger partial charge on any atom is -0.277 e. The molecule has 0 unspecified atom stereocenters. The Balaban J connectivity index is 2.49. The number of hydrogen-bond donors (Lipinski definition) is 1. The number of halogens is 2. The second-order valence-electron chi connectivity index (χ2n) is 4.31. The Labute approximate surface area is 136 Å². The quantitative estimate of drug-likeness (QED) is 0.865. The maximum Gasteiger partial charge on any atom is 0.261 e. The summed E-state index contributed by atoms with van der Waals surface area (Å²) in [7, 11) is -3.81. The molecule has 0 radical (unpaired) electrons. The molecule has 108 valence electrons. The normalized spacial score (nSPS) is 11.0. The molecule has 4 nitrogen and oxygen atoms in total. The van der Waals surface area contributed by atoms with Gasteiger partial charge in [0.1, 0.15) is 6.07 Å². The Morgan fingerprint density at radius 2 is 1.81 bits per heavy atom. The molecular formula is C14H10BrClN2O2S. The average Bonchev–Trinajstić information content (AvgIpc) is 2.43. The predicted octanol–water partition coefficient (Wildman–Crippen LogP) is 4.08. The van der Waals surface area contributed by atoms with Crippen molar-refractivity contribution in [3.8, 4) is 6.07 Å². The van der Waals surface area contributed by atoms with Crippen molar-refractivity contribution in [2.24, 2.45) is 0 Å². The first kappa shape index (κ1) is 15.8. The number of aryl methyl sites for hydroxylation is 1. The van der Waals surface area contributed by atoms with Crippen molar-refractivity contribution >= 4 is 43.2 Å². The van der Waals surface area contributed by atoms with Gasteiger partial charge in [-0.2, -0.15) is 5.26 Å². The Hall–Kier alpha value is -1.55. The number of nitrogens with one attached hydrogen (secondary N) is 1. The van der Waals surface area contributed by atoms with Crippen molar-refractivity contribution in [3.05, 3.63) is 57.0 Å². The summed E-state index contributed by atoms with van der Waals surface area (Å²) in [6.07, 6.45) is 0. The van der Waals surface area contributed by atoms with Gasteiger partial charge in [-0.05, 0) is 47.1 Å². The molecule has 0 saturated carbocycles. The van der Waals surface area contributed by atoms with Crippen LogP contribution in [0.5, 0.6) is 0 Å². The van der Waals surface area contributed by atoms with Crippen LogP contribution >= 0.6 is 27.5 Å². The average molecular weight is 386 g/mol. The number of nitriles is 1. The number of nitrogens with zero attached hydrogens (tertiary/aromatic N) is 1. The van der Waals surface area contributed by atoms with Crippen LogP contribution in [0.3, 0.4) is 0 Å². The number of rotatable bonds is 3. The molecule has 2 rings (SSSR count). The van der Waals surface area contributed by atoms with E-state index < -0.39 is 10.0 Å². The Bertz CT molecular complexity index is 827. The van der Waals surface area contributed by atoms with Gasteiger partial charge in [-0.25, -0.2) is 8.42 Å². The highest BCUT2D eigenvalue weighted by Gasteiger charge is 2.19. The third-order valence-corrected chi connectivity index (χ3v) is 5.12. The molecule has 0 heterocycles. The van der Waals surface area contributed by atoms with Crippen LogP contribution in [0.1, 0.15) is 11.1 Å². The van der Waals surface area contributed by atoms with E-state index in [9.17, 15) is 8.42 Å². The van der Waals surface area contributed by atoms with Gasteiger partial charge in [0, 0.05) is 4.47 Å². The van der Waals surface area contributed by atoms with Crippen molar-refractivity contribution in [3.63, 3.8) is 0 Å². The number of anilines is 1. The molecule has 7 heteroatoms. The molecule has 2 aromatic rings. The second kappa shape index (κ2) is 6.06. The molecule has 0 spiro atoms. The van der Waals surface area contributed by atoms with Gasteiger partial charge in [-0.3, -0.25) is 4.72 Å². The van der Waals surface area contributed by atoms with Gasteiger partial charge in [-0.1, -0.05) is 29.3 Å². The van der Waals surface area contributed by atoms with E-state index >= 15 is 0 Å². The maximum absolute atomic E-state index is 12.4. The van der Waals surface area contributed by atoms with Crippen LogP contribution in [-0.2, 0) is 10.0 Å². The first-order valence-corrected chi connectivity index (χ1v) is 8.48. The fraction of sp³-hybridized carbons (Fsp3) is 0.0714. The lowest BCUT2D eigenvalue weighted by atomic mass is 10.2. The van der Waals surface area contributed by atoms with Gasteiger partial charge < -0.3 is 0 Å². The van der Waals surface area contributed by atoms with Crippen LogP contribution in [0.25, 0.3) is 0 Å². The number of benzene rings is 2. The Morgan fingerprint density at radius 1 is 1.19 bits per heavy atom. The van der Waals surface area contributed by atoms with Crippen molar-refractivity contribution < 1.29 is 8.42 Å². The van der Waals surface area contributed by atoms with Gasteiger partial charge in [0.15, 0.2) is 0 Å². The van der Waals surface area contributed by atoms with Crippen LogP contribution in [0.2, 0.25) is 5.02 Å². The molecule has 0 aromatic heterocycles. The van der Waals surface area contributed by atoms with Crippen molar-refractivity contribution in [1.29, 1.82) is 5.26 Å². The van der Waals surface area contributed by atoms with E-state index in [-0.39, 0.29) is 21.2 Å². The summed E-state index contributed by atoms with van der Waals surface area (Å²) < 4.78 is 27.5. The zero-order chi connectivity index (χ0) is 15.6. The van der Waals surface area contributed by atoms with Gasteiger partial charge in [-0.15, -0.1) is 0 Å². The summed E-state index contributed by atoms with van der Waals surface area (Å²) in [6, 6.07) is 11.4. The zero-order valence-electron chi connectivity index (χ0n) is 10.9. The maximum atomic E-state index is 12.4. The molecule has 0 amide bonds. The van der Waals surface area contributed by atoms with Crippen molar-refractivity contribution in [1.82, 2.24) is 0 Å². The fourth-order valence-electron chi connectivity index (χ4n) is 1.67. The second-order valence-corrected chi connectivity index (χ2v) is 7.25. The van der Waals surface area contributed by atoms with Crippen LogP contribution in [0.4, 0.5) is 5.69 Å². The molecule has 0 aliphatic rings. The first-order valence-electron chi connectivity index (χ1n) is 5.83. The SMILES string of the molecule is Cc1ccc(S(=O)(=O)Nc2c(Cl)ccc(Br)c2C#N)cc1. The Morgan fingerprint density at radius 3 is 2.38 bits per heavy atom. The van der Waals surface area contributed by atoms with E-state index in [1.807, 2.05) is 13.0 Å². The van der Waals surface area contributed by atoms with E-state index in [1.165, 1.54) is 18.2 Å². The summed E-state index contributed by atoms with van der Waals surface area (Å²) in [4.78, 5) is 0.105. The van der Waals surface area contributed by atoms with Crippen LogP contribution in [0, 0.1) is 18.3 Å². The molecule has 0 aliphatic heterocycles. The molecule has 0 bridgehead atoms. The van der Waals surface area contributed by atoms with Crippen molar-refractivity contribution in [2.45, 2.75) is 11.8 Å².